The Morgan fingerprint density at radius 1 is 1.09 bits per heavy atom. The molecule has 4 heterocycles. The summed E-state index contributed by atoms with van der Waals surface area (Å²) in [5.74, 6) is 1.12. The molecule has 1 aliphatic heterocycles. The molecule has 2 amide bonds. The number of rotatable bonds is 7. The van der Waals surface area contributed by atoms with E-state index in [9.17, 15) is 4.79 Å². The summed E-state index contributed by atoms with van der Waals surface area (Å²) in [6, 6.07) is 16.4. The van der Waals surface area contributed by atoms with Gasteiger partial charge in [-0.3, -0.25) is 0 Å². The smallest absolute Gasteiger partial charge is 0.315 e. The number of amides is 2. The van der Waals surface area contributed by atoms with E-state index in [-0.39, 0.29) is 11.9 Å². The molecule has 164 valence electrons. The van der Waals surface area contributed by atoms with Crippen molar-refractivity contribution in [1.82, 2.24) is 20.6 Å². The van der Waals surface area contributed by atoms with Crippen LogP contribution in [0.3, 0.4) is 0 Å². The Labute approximate surface area is 191 Å². The van der Waals surface area contributed by atoms with Crippen molar-refractivity contribution in [2.75, 3.05) is 24.5 Å². The summed E-state index contributed by atoms with van der Waals surface area (Å²) in [5, 5.41) is 9.30. The zero-order valence-electron chi connectivity index (χ0n) is 17.9. The van der Waals surface area contributed by atoms with E-state index in [1.54, 1.807) is 11.3 Å². The lowest BCUT2D eigenvalue weighted by molar-refractivity contribution is 0.240. The number of thiophene rings is 1. The Balaban J connectivity index is 1.20. The maximum Gasteiger partial charge on any atom is 0.315 e. The molecule has 1 saturated heterocycles. The Morgan fingerprint density at radius 3 is 2.75 bits per heavy atom. The second kappa shape index (κ2) is 9.44. The largest absolute Gasteiger partial charge is 0.361 e. The van der Waals surface area contributed by atoms with Gasteiger partial charge in [0.2, 0.25) is 0 Å². The number of benzene rings is 1. The highest BCUT2D eigenvalue weighted by Gasteiger charge is 2.20. The van der Waals surface area contributed by atoms with Gasteiger partial charge in [-0.25, -0.2) is 9.78 Å². The van der Waals surface area contributed by atoms with Crippen LogP contribution < -0.4 is 15.5 Å². The molecule has 0 radical (unpaired) electrons. The third-order valence-corrected chi connectivity index (χ3v) is 7.03. The Hall–Kier alpha value is -3.32. The van der Waals surface area contributed by atoms with E-state index in [4.69, 9.17) is 0 Å². The number of aromatic nitrogens is 2. The van der Waals surface area contributed by atoms with Crippen LogP contribution in [0.4, 0.5) is 10.6 Å². The highest BCUT2D eigenvalue weighted by Crippen LogP contribution is 2.32. The SMILES string of the molecule is O=C(NCc1ccc(N2CCCC2)nc1)NCC(c1cccs1)c1c[nH]c2ccccc12. The first-order valence-electron chi connectivity index (χ1n) is 11.1. The van der Waals surface area contributed by atoms with Crippen LogP contribution >= 0.6 is 11.3 Å². The number of carbonyl (C=O) groups is 1. The number of urea groups is 1. The molecule has 3 aromatic heterocycles. The molecule has 1 aliphatic rings. The summed E-state index contributed by atoms with van der Waals surface area (Å²) in [4.78, 5) is 24.0. The van der Waals surface area contributed by atoms with Gasteiger partial charge in [0, 0.05) is 60.3 Å². The molecular weight excluding hydrogens is 418 g/mol. The van der Waals surface area contributed by atoms with Gasteiger partial charge in [0.15, 0.2) is 0 Å². The summed E-state index contributed by atoms with van der Waals surface area (Å²) >= 11 is 1.71. The van der Waals surface area contributed by atoms with Crippen LogP contribution in [0, 0.1) is 0 Å². The van der Waals surface area contributed by atoms with Gasteiger partial charge in [-0.2, -0.15) is 0 Å². The standard InChI is InChI=1S/C25H27N5OS/c31-25(28-15-18-9-10-24(27-14-18)30-11-3-4-12-30)29-17-21(23-8-5-13-32-23)20-16-26-22-7-2-1-6-19(20)22/h1-2,5-10,13-14,16,21,26H,3-4,11-12,15,17H2,(H2,28,29,31). The number of carbonyl (C=O) groups excluding carboxylic acids is 1. The van der Waals surface area contributed by atoms with E-state index in [2.05, 4.69) is 61.3 Å². The highest BCUT2D eigenvalue weighted by atomic mass is 32.1. The number of H-pyrrole nitrogens is 1. The fraction of sp³-hybridized carbons (Fsp3) is 0.280. The van der Waals surface area contributed by atoms with E-state index in [1.165, 1.54) is 28.7 Å². The summed E-state index contributed by atoms with van der Waals surface area (Å²) in [6.45, 7) is 3.14. The highest BCUT2D eigenvalue weighted by molar-refractivity contribution is 7.10. The van der Waals surface area contributed by atoms with Gasteiger partial charge in [0.25, 0.3) is 0 Å². The number of aromatic amines is 1. The molecule has 6 nitrogen and oxygen atoms in total. The maximum absolute atomic E-state index is 12.5. The fourth-order valence-electron chi connectivity index (χ4n) is 4.33. The summed E-state index contributed by atoms with van der Waals surface area (Å²) in [7, 11) is 0. The monoisotopic (exact) mass is 445 g/mol. The Bertz CT molecular complexity index is 1160. The van der Waals surface area contributed by atoms with Gasteiger partial charge in [0.05, 0.1) is 0 Å². The van der Waals surface area contributed by atoms with Crippen LogP contribution in [-0.4, -0.2) is 35.6 Å². The fourth-order valence-corrected chi connectivity index (χ4v) is 5.18. The Kier molecular flexibility index (Phi) is 6.07. The minimum Gasteiger partial charge on any atom is -0.361 e. The van der Waals surface area contributed by atoms with Crippen molar-refractivity contribution in [2.45, 2.75) is 25.3 Å². The van der Waals surface area contributed by atoms with Crippen molar-refractivity contribution in [3.8, 4) is 0 Å². The Morgan fingerprint density at radius 2 is 1.97 bits per heavy atom. The lowest BCUT2D eigenvalue weighted by Crippen LogP contribution is -2.37. The van der Waals surface area contributed by atoms with Crippen LogP contribution in [0.1, 0.15) is 34.8 Å². The molecule has 0 spiro atoms. The van der Waals surface area contributed by atoms with Crippen molar-refractivity contribution in [3.05, 3.63) is 82.3 Å². The molecule has 0 bridgehead atoms. The third kappa shape index (κ3) is 4.48. The van der Waals surface area contributed by atoms with E-state index >= 15 is 0 Å². The number of hydrogen-bond acceptors (Lipinski definition) is 4. The number of pyridine rings is 1. The first-order chi connectivity index (χ1) is 15.8. The van der Waals surface area contributed by atoms with Gasteiger partial charge >= 0.3 is 6.03 Å². The molecule has 1 fully saturated rings. The first kappa shape index (κ1) is 20.6. The topological polar surface area (TPSA) is 73.1 Å². The zero-order valence-corrected chi connectivity index (χ0v) is 18.7. The first-order valence-corrected chi connectivity index (χ1v) is 12.0. The molecule has 0 aliphatic carbocycles. The molecule has 0 saturated carbocycles. The second-order valence-electron chi connectivity index (χ2n) is 8.14. The van der Waals surface area contributed by atoms with Crippen molar-refractivity contribution < 1.29 is 4.79 Å². The van der Waals surface area contributed by atoms with Gasteiger partial charge < -0.3 is 20.5 Å². The lowest BCUT2D eigenvalue weighted by Gasteiger charge is -2.17. The van der Waals surface area contributed by atoms with Crippen molar-refractivity contribution in [2.24, 2.45) is 0 Å². The lowest BCUT2D eigenvalue weighted by atomic mass is 9.97. The van der Waals surface area contributed by atoms with Crippen LogP contribution in [0.15, 0.2) is 66.3 Å². The van der Waals surface area contributed by atoms with Crippen LogP contribution in [-0.2, 0) is 6.54 Å². The minimum atomic E-state index is -0.171. The summed E-state index contributed by atoms with van der Waals surface area (Å²) in [6.07, 6.45) is 6.38. The van der Waals surface area contributed by atoms with E-state index < -0.39 is 0 Å². The van der Waals surface area contributed by atoms with Gasteiger partial charge in [-0.15, -0.1) is 11.3 Å². The molecule has 1 unspecified atom stereocenters. The third-order valence-electron chi connectivity index (χ3n) is 6.04. The quantitative estimate of drug-likeness (QED) is 0.381. The molecule has 1 aromatic carbocycles. The summed E-state index contributed by atoms with van der Waals surface area (Å²) in [5.41, 5.74) is 3.30. The number of nitrogens with zero attached hydrogens (tertiary/aromatic N) is 2. The van der Waals surface area contributed by atoms with Crippen LogP contribution in [0.5, 0.6) is 0 Å². The number of fused-ring (bicyclic) bond motifs is 1. The average molecular weight is 446 g/mol. The number of para-hydroxylation sites is 1. The average Bonchev–Trinajstić information content (AvgIpc) is 3.61. The van der Waals surface area contributed by atoms with E-state index in [0.29, 0.717) is 13.1 Å². The maximum atomic E-state index is 12.5. The number of nitrogens with one attached hydrogen (secondary N) is 3. The van der Waals surface area contributed by atoms with Gasteiger partial charge in [-0.05, 0) is 47.5 Å². The van der Waals surface area contributed by atoms with E-state index in [0.717, 1.165) is 30.0 Å². The molecule has 3 N–H and O–H groups in total. The predicted octanol–water partition coefficient (Wildman–Crippen LogP) is 4.86. The van der Waals surface area contributed by atoms with Crippen molar-refractivity contribution >= 4 is 34.1 Å². The van der Waals surface area contributed by atoms with Crippen LogP contribution in [0.2, 0.25) is 0 Å². The van der Waals surface area contributed by atoms with Crippen molar-refractivity contribution in [3.63, 3.8) is 0 Å². The van der Waals surface area contributed by atoms with Gasteiger partial charge in [-0.1, -0.05) is 30.3 Å². The number of anilines is 1. The minimum absolute atomic E-state index is 0.0957. The number of hydrogen-bond donors (Lipinski definition) is 3. The summed E-state index contributed by atoms with van der Waals surface area (Å²) < 4.78 is 0. The molecular formula is C25H27N5OS. The normalized spacial score (nSPS) is 14.6. The van der Waals surface area contributed by atoms with E-state index in [1.807, 2.05) is 30.5 Å². The molecule has 5 rings (SSSR count). The molecule has 1 atom stereocenters. The second-order valence-corrected chi connectivity index (χ2v) is 9.12. The van der Waals surface area contributed by atoms with Crippen molar-refractivity contribution in [1.29, 1.82) is 0 Å². The molecule has 32 heavy (non-hydrogen) atoms. The molecule has 4 aromatic rings. The van der Waals surface area contributed by atoms with Gasteiger partial charge in [0.1, 0.15) is 5.82 Å². The zero-order chi connectivity index (χ0) is 21.8. The molecule has 7 heteroatoms. The predicted molar refractivity (Wildman–Crippen MR) is 130 cm³/mol. The van der Waals surface area contributed by atoms with Crippen LogP contribution in [0.25, 0.3) is 10.9 Å².